The van der Waals surface area contributed by atoms with Gasteiger partial charge >= 0.3 is 5.97 Å². The molecule has 0 aliphatic heterocycles. The number of nitrogens with one attached hydrogen (secondary N) is 1. The van der Waals surface area contributed by atoms with Crippen LogP contribution in [0.5, 0.6) is 0 Å². The van der Waals surface area contributed by atoms with Gasteiger partial charge in [0.15, 0.2) is 9.84 Å². The number of pyridine rings is 1. The number of hydrogen-bond donors (Lipinski definition) is 2. The van der Waals surface area contributed by atoms with Crippen molar-refractivity contribution in [3.05, 3.63) is 23.4 Å². The summed E-state index contributed by atoms with van der Waals surface area (Å²) < 4.78 is 22.6. The first-order chi connectivity index (χ1) is 8.34. The van der Waals surface area contributed by atoms with Gasteiger partial charge in [0.1, 0.15) is 5.82 Å². The van der Waals surface area contributed by atoms with Gasteiger partial charge in [0.05, 0.1) is 11.3 Å². The fourth-order valence-corrected chi connectivity index (χ4v) is 2.06. The molecule has 0 aromatic carbocycles. The first-order valence-electron chi connectivity index (χ1n) is 5.50. The monoisotopic (exact) mass is 272 g/mol. The van der Waals surface area contributed by atoms with Gasteiger partial charge in [-0.3, -0.25) is 0 Å². The van der Waals surface area contributed by atoms with Crippen molar-refractivity contribution < 1.29 is 18.3 Å². The summed E-state index contributed by atoms with van der Waals surface area (Å²) in [5.41, 5.74) is 0.694. The average molecular weight is 272 g/mol. The van der Waals surface area contributed by atoms with E-state index in [2.05, 4.69) is 10.3 Å². The molecule has 0 saturated heterocycles. The van der Waals surface area contributed by atoms with Crippen molar-refractivity contribution in [1.29, 1.82) is 0 Å². The number of aryl methyl sites for hydroxylation is 1. The maximum atomic E-state index is 11.3. The van der Waals surface area contributed by atoms with Crippen molar-refractivity contribution in [2.24, 2.45) is 0 Å². The van der Waals surface area contributed by atoms with Crippen molar-refractivity contribution in [2.75, 3.05) is 23.4 Å². The topological polar surface area (TPSA) is 96.4 Å². The summed E-state index contributed by atoms with van der Waals surface area (Å²) in [6.07, 6.45) is 0. The number of sulfone groups is 1. The molecule has 0 atom stereocenters. The van der Waals surface area contributed by atoms with Crippen LogP contribution in [0.4, 0.5) is 5.82 Å². The number of aromatic nitrogens is 1. The second-order valence-electron chi connectivity index (χ2n) is 3.85. The standard InChI is InChI=1S/C11H16N2O4S/c1-3-18(16,17)5-4-12-10-7-9(11(14)15)6-8(2)13-10/h6-7H,3-5H2,1-2H3,(H,12,13)(H,14,15). The molecule has 0 fully saturated rings. The Morgan fingerprint density at radius 3 is 2.67 bits per heavy atom. The molecule has 1 aromatic heterocycles. The molecule has 0 unspecified atom stereocenters. The number of hydrogen-bond acceptors (Lipinski definition) is 5. The Morgan fingerprint density at radius 1 is 1.44 bits per heavy atom. The van der Waals surface area contributed by atoms with Crippen LogP contribution in [0.1, 0.15) is 23.0 Å². The van der Waals surface area contributed by atoms with Crippen LogP contribution >= 0.6 is 0 Å². The lowest BCUT2D eigenvalue weighted by atomic mass is 10.2. The van der Waals surface area contributed by atoms with E-state index in [-0.39, 0.29) is 23.6 Å². The average Bonchev–Trinajstić information content (AvgIpc) is 2.28. The molecule has 0 saturated carbocycles. The number of carboxylic acid groups (broad SMARTS) is 1. The number of aromatic carboxylic acids is 1. The Hall–Kier alpha value is -1.63. The van der Waals surface area contributed by atoms with Gasteiger partial charge < -0.3 is 10.4 Å². The van der Waals surface area contributed by atoms with Crippen LogP contribution in [0.25, 0.3) is 0 Å². The SMILES string of the molecule is CCS(=O)(=O)CCNc1cc(C(=O)O)cc(C)n1. The Bertz CT molecular complexity index is 540. The van der Waals surface area contributed by atoms with E-state index in [4.69, 9.17) is 5.11 Å². The quantitative estimate of drug-likeness (QED) is 0.800. The molecule has 2 N–H and O–H groups in total. The van der Waals surface area contributed by atoms with Gasteiger partial charge in [0.25, 0.3) is 0 Å². The number of anilines is 1. The number of carbonyl (C=O) groups is 1. The molecule has 1 rings (SSSR count). The molecule has 1 aromatic rings. The van der Waals surface area contributed by atoms with Crippen LogP contribution in [0.2, 0.25) is 0 Å². The van der Waals surface area contributed by atoms with Gasteiger partial charge in [-0.05, 0) is 19.1 Å². The summed E-state index contributed by atoms with van der Waals surface area (Å²) in [5.74, 6) is -0.568. The molecular formula is C11H16N2O4S. The summed E-state index contributed by atoms with van der Waals surface area (Å²) in [7, 11) is -3.03. The first-order valence-corrected chi connectivity index (χ1v) is 7.32. The Kier molecular flexibility index (Phi) is 4.66. The third-order valence-electron chi connectivity index (χ3n) is 2.36. The molecule has 1 heterocycles. The van der Waals surface area contributed by atoms with Gasteiger partial charge in [0, 0.05) is 18.0 Å². The van der Waals surface area contributed by atoms with Crippen molar-refractivity contribution >= 4 is 21.6 Å². The predicted octanol–water partition coefficient (Wildman–Crippen LogP) is 0.935. The Balaban J connectivity index is 2.71. The first kappa shape index (κ1) is 14.4. The van der Waals surface area contributed by atoms with E-state index in [1.807, 2.05) is 0 Å². The third kappa shape index (κ3) is 4.33. The molecule has 0 bridgehead atoms. The van der Waals surface area contributed by atoms with Crippen LogP contribution in [0.15, 0.2) is 12.1 Å². The van der Waals surface area contributed by atoms with Gasteiger partial charge in [-0.15, -0.1) is 0 Å². The maximum absolute atomic E-state index is 11.3. The lowest BCUT2D eigenvalue weighted by Crippen LogP contribution is -2.18. The largest absolute Gasteiger partial charge is 0.478 e. The summed E-state index contributed by atoms with van der Waals surface area (Å²) in [6.45, 7) is 3.48. The molecule has 0 radical (unpaired) electrons. The Morgan fingerprint density at radius 2 is 2.11 bits per heavy atom. The van der Waals surface area contributed by atoms with E-state index in [1.54, 1.807) is 13.8 Å². The predicted molar refractivity (Wildman–Crippen MR) is 68.8 cm³/mol. The number of carboxylic acids is 1. The van der Waals surface area contributed by atoms with Crippen molar-refractivity contribution in [2.45, 2.75) is 13.8 Å². The van der Waals surface area contributed by atoms with Gasteiger partial charge in [-0.1, -0.05) is 6.92 Å². The normalized spacial score (nSPS) is 11.2. The second kappa shape index (κ2) is 5.81. The van der Waals surface area contributed by atoms with E-state index >= 15 is 0 Å². The van der Waals surface area contributed by atoms with E-state index in [0.717, 1.165) is 0 Å². The Labute approximate surface area is 106 Å². The van der Waals surface area contributed by atoms with E-state index < -0.39 is 15.8 Å². The molecule has 18 heavy (non-hydrogen) atoms. The highest BCUT2D eigenvalue weighted by atomic mass is 32.2. The van der Waals surface area contributed by atoms with E-state index in [1.165, 1.54) is 12.1 Å². The fourth-order valence-electron chi connectivity index (χ4n) is 1.36. The fraction of sp³-hybridized carbons (Fsp3) is 0.455. The van der Waals surface area contributed by atoms with Crippen molar-refractivity contribution in [3.63, 3.8) is 0 Å². The van der Waals surface area contributed by atoms with Crippen molar-refractivity contribution in [1.82, 2.24) is 4.98 Å². The molecule has 0 aliphatic carbocycles. The van der Waals surface area contributed by atoms with E-state index in [9.17, 15) is 13.2 Å². The highest BCUT2D eigenvalue weighted by molar-refractivity contribution is 7.91. The smallest absolute Gasteiger partial charge is 0.335 e. The highest BCUT2D eigenvalue weighted by Crippen LogP contribution is 2.10. The van der Waals surface area contributed by atoms with Gasteiger partial charge in [0.2, 0.25) is 0 Å². The number of nitrogens with zero attached hydrogens (tertiary/aromatic N) is 1. The molecule has 0 spiro atoms. The van der Waals surface area contributed by atoms with Crippen molar-refractivity contribution in [3.8, 4) is 0 Å². The maximum Gasteiger partial charge on any atom is 0.335 e. The highest BCUT2D eigenvalue weighted by Gasteiger charge is 2.09. The molecule has 0 amide bonds. The molecule has 7 heteroatoms. The molecular weight excluding hydrogens is 256 g/mol. The zero-order valence-electron chi connectivity index (χ0n) is 10.3. The van der Waals surface area contributed by atoms with Crippen LogP contribution in [0.3, 0.4) is 0 Å². The second-order valence-corrected chi connectivity index (χ2v) is 6.32. The van der Waals surface area contributed by atoms with Gasteiger partial charge in [-0.25, -0.2) is 18.2 Å². The lowest BCUT2D eigenvalue weighted by molar-refractivity contribution is 0.0696. The van der Waals surface area contributed by atoms with E-state index in [0.29, 0.717) is 11.5 Å². The van der Waals surface area contributed by atoms with Crippen LogP contribution < -0.4 is 5.32 Å². The van der Waals surface area contributed by atoms with Crippen LogP contribution in [0, 0.1) is 6.92 Å². The molecule has 0 aliphatic rings. The molecule has 100 valence electrons. The summed E-state index contributed by atoms with van der Waals surface area (Å²) in [5, 5.41) is 11.7. The lowest BCUT2D eigenvalue weighted by Gasteiger charge is -2.07. The zero-order chi connectivity index (χ0) is 13.8. The minimum atomic E-state index is -3.03. The third-order valence-corrected chi connectivity index (χ3v) is 4.07. The minimum Gasteiger partial charge on any atom is -0.478 e. The minimum absolute atomic E-state index is 0.00151. The summed E-state index contributed by atoms with van der Waals surface area (Å²) in [6, 6.07) is 2.84. The summed E-state index contributed by atoms with van der Waals surface area (Å²) in [4.78, 5) is 14.9. The van der Waals surface area contributed by atoms with Crippen LogP contribution in [-0.2, 0) is 9.84 Å². The van der Waals surface area contributed by atoms with Crippen LogP contribution in [-0.4, -0.2) is 42.5 Å². The number of rotatable bonds is 6. The summed E-state index contributed by atoms with van der Waals surface area (Å²) >= 11 is 0. The van der Waals surface area contributed by atoms with Gasteiger partial charge in [-0.2, -0.15) is 0 Å². The zero-order valence-corrected chi connectivity index (χ0v) is 11.1. The molecule has 6 nitrogen and oxygen atoms in total.